The van der Waals surface area contributed by atoms with Crippen LogP contribution in [0.1, 0.15) is 10.4 Å². The zero-order valence-corrected chi connectivity index (χ0v) is 16.4. The van der Waals surface area contributed by atoms with Gasteiger partial charge in [0, 0.05) is 28.2 Å². The van der Waals surface area contributed by atoms with Gasteiger partial charge in [0.25, 0.3) is 0 Å². The van der Waals surface area contributed by atoms with Gasteiger partial charge in [-0.05, 0) is 22.8 Å². The minimum atomic E-state index is -0.229. The predicted octanol–water partition coefficient (Wildman–Crippen LogP) is 3.46. The van der Waals surface area contributed by atoms with Crippen molar-refractivity contribution in [3.05, 3.63) is 88.9 Å². The number of rotatable bonds is 4. The molecule has 0 bridgehead atoms. The highest BCUT2D eigenvalue weighted by Crippen LogP contribution is 2.22. The highest BCUT2D eigenvalue weighted by atomic mass is 79.9. The quantitative estimate of drug-likeness (QED) is 0.380. The molecule has 0 fully saturated rings. The van der Waals surface area contributed by atoms with Crippen LogP contribution in [0.3, 0.4) is 0 Å². The Labute approximate surface area is 169 Å². The van der Waals surface area contributed by atoms with Crippen molar-refractivity contribution in [2.45, 2.75) is 6.54 Å². The third-order valence-corrected chi connectivity index (χ3v) is 5.10. The van der Waals surface area contributed by atoms with E-state index in [1.54, 1.807) is 60.7 Å². The Balaban J connectivity index is 1.90. The number of hydrogen-bond acceptors (Lipinski definition) is 3. The molecule has 0 aliphatic carbocycles. The van der Waals surface area contributed by atoms with Gasteiger partial charge in [-0.3, -0.25) is 4.79 Å². The van der Waals surface area contributed by atoms with Crippen LogP contribution >= 0.6 is 15.9 Å². The van der Waals surface area contributed by atoms with Crippen LogP contribution in [-0.2, 0) is 6.54 Å². The van der Waals surface area contributed by atoms with Crippen LogP contribution in [0.15, 0.2) is 83.3 Å². The first kappa shape index (κ1) is 18.1. The topological polar surface area (TPSA) is 65.3 Å². The highest BCUT2D eigenvalue weighted by Gasteiger charge is 2.36. The lowest BCUT2D eigenvalue weighted by atomic mass is 10.1. The number of para-hydroxylation sites is 2. The maximum absolute atomic E-state index is 12.8. The van der Waals surface area contributed by atoms with Gasteiger partial charge in [0.05, 0.1) is 0 Å². The van der Waals surface area contributed by atoms with Crippen LogP contribution in [0.25, 0.3) is 16.6 Å². The van der Waals surface area contributed by atoms with E-state index >= 15 is 0 Å². The molecule has 0 aliphatic heterocycles. The fraction of sp³-hybridized carbons (Fsp3) is 0.0455. The molecule has 6 heteroatoms. The third kappa shape index (κ3) is 3.23. The van der Waals surface area contributed by atoms with Gasteiger partial charge in [0.2, 0.25) is 23.5 Å². The van der Waals surface area contributed by atoms with Crippen molar-refractivity contribution in [3.8, 4) is 17.6 Å². The first-order valence-electron chi connectivity index (χ1n) is 8.69. The predicted molar refractivity (Wildman–Crippen MR) is 107 cm³/mol. The van der Waals surface area contributed by atoms with Gasteiger partial charge >= 0.3 is 11.9 Å². The summed E-state index contributed by atoms with van der Waals surface area (Å²) in [5, 5.41) is 22.3. The van der Waals surface area contributed by atoms with Gasteiger partial charge in [0.1, 0.15) is 0 Å². The molecule has 0 amide bonds. The van der Waals surface area contributed by atoms with E-state index in [2.05, 4.69) is 15.9 Å². The Morgan fingerprint density at radius 3 is 2.21 bits per heavy atom. The Morgan fingerprint density at radius 2 is 1.50 bits per heavy atom. The van der Waals surface area contributed by atoms with Crippen molar-refractivity contribution in [1.82, 2.24) is 0 Å². The van der Waals surface area contributed by atoms with E-state index in [1.165, 1.54) is 9.13 Å². The zero-order chi connectivity index (χ0) is 19.7. The molecule has 5 nitrogen and oxygen atoms in total. The van der Waals surface area contributed by atoms with E-state index in [4.69, 9.17) is 0 Å². The van der Waals surface area contributed by atoms with Crippen molar-refractivity contribution in [2.24, 2.45) is 0 Å². The molecule has 4 aromatic rings. The van der Waals surface area contributed by atoms with E-state index < -0.39 is 0 Å². The molecule has 0 spiro atoms. The molecule has 138 valence electrons. The minimum Gasteiger partial charge on any atom is -0.459 e. The number of aromatic hydroxyl groups is 2. The van der Waals surface area contributed by atoms with E-state index in [-0.39, 0.29) is 24.2 Å². The van der Waals surface area contributed by atoms with Crippen molar-refractivity contribution in [3.63, 3.8) is 0 Å². The van der Waals surface area contributed by atoms with Gasteiger partial charge in [0.15, 0.2) is 5.39 Å². The van der Waals surface area contributed by atoms with E-state index in [0.29, 0.717) is 22.2 Å². The fourth-order valence-electron chi connectivity index (χ4n) is 3.18. The minimum absolute atomic E-state index is 0.0684. The van der Waals surface area contributed by atoms with Crippen molar-refractivity contribution in [1.29, 1.82) is 0 Å². The molecule has 0 radical (unpaired) electrons. The van der Waals surface area contributed by atoms with Crippen LogP contribution in [0, 0.1) is 0 Å². The first-order chi connectivity index (χ1) is 13.6. The van der Waals surface area contributed by atoms with Crippen LogP contribution < -0.4 is 9.13 Å². The maximum atomic E-state index is 12.8. The Morgan fingerprint density at radius 1 is 0.857 bits per heavy atom. The first-order valence-corrected chi connectivity index (χ1v) is 9.48. The summed E-state index contributed by atoms with van der Waals surface area (Å²) >= 11 is 3.36. The smallest absolute Gasteiger partial charge is 0.459 e. The zero-order valence-electron chi connectivity index (χ0n) is 14.8. The van der Waals surface area contributed by atoms with Crippen LogP contribution in [0.5, 0.6) is 11.9 Å². The molecular weight excluding hydrogens is 420 g/mol. The van der Waals surface area contributed by atoms with Crippen LogP contribution in [-0.4, -0.2) is 16.0 Å². The average Bonchev–Trinajstić information content (AvgIpc) is 2.72. The van der Waals surface area contributed by atoms with Gasteiger partial charge < -0.3 is 10.2 Å². The average molecular weight is 437 g/mol. The number of fused-ring (bicyclic) bond motifs is 1. The van der Waals surface area contributed by atoms with E-state index in [1.807, 2.05) is 18.2 Å². The molecule has 0 unspecified atom stereocenters. The number of benzene rings is 3. The summed E-state index contributed by atoms with van der Waals surface area (Å²) in [6.07, 6.45) is 0. The Hall–Kier alpha value is -3.25. The molecule has 4 rings (SSSR count). The third-order valence-electron chi connectivity index (χ3n) is 4.57. The van der Waals surface area contributed by atoms with Crippen molar-refractivity contribution in [2.75, 3.05) is 0 Å². The number of ketones is 1. The number of carbonyl (C=O) groups excluding carboxylic acids is 1. The summed E-state index contributed by atoms with van der Waals surface area (Å²) in [5.41, 5.74) is 1.70. The second kappa shape index (κ2) is 7.40. The summed E-state index contributed by atoms with van der Waals surface area (Å²) in [6.45, 7) is -0.0684. The lowest BCUT2D eigenvalue weighted by Gasteiger charge is -2.05. The van der Waals surface area contributed by atoms with Crippen LogP contribution in [0.4, 0.5) is 0 Å². The van der Waals surface area contributed by atoms with Crippen LogP contribution in [0.2, 0.25) is 0 Å². The van der Waals surface area contributed by atoms with E-state index in [9.17, 15) is 15.0 Å². The molecule has 2 N–H and O–H groups in total. The van der Waals surface area contributed by atoms with Gasteiger partial charge in [-0.1, -0.05) is 63.0 Å². The molecule has 1 heterocycles. The summed E-state index contributed by atoms with van der Waals surface area (Å²) in [4.78, 5) is 12.8. The summed E-state index contributed by atoms with van der Waals surface area (Å²) in [7, 11) is 0. The molecular formula is C22H17BrN2O3+2. The van der Waals surface area contributed by atoms with E-state index in [0.717, 1.165) is 4.47 Å². The van der Waals surface area contributed by atoms with Crippen molar-refractivity contribution >= 4 is 32.6 Å². The second-order valence-electron chi connectivity index (χ2n) is 6.33. The van der Waals surface area contributed by atoms with Gasteiger partial charge in [-0.25, -0.2) is 0 Å². The SMILES string of the molecule is O=C(C[n+]1c(O)[n+](-c2ccccc2)c(O)c2ccccc21)c1ccc(Br)cc1. The normalized spacial score (nSPS) is 10.9. The summed E-state index contributed by atoms with van der Waals surface area (Å²) in [5.74, 6) is -0.241. The van der Waals surface area contributed by atoms with Gasteiger partial charge in [-0.2, -0.15) is 0 Å². The number of halogens is 1. The summed E-state index contributed by atoms with van der Waals surface area (Å²) in [6, 6.07) is 23.0. The molecule has 3 aromatic carbocycles. The van der Waals surface area contributed by atoms with Gasteiger partial charge in [-0.15, -0.1) is 0 Å². The molecule has 0 saturated carbocycles. The Bertz CT molecular complexity index is 1180. The Kier molecular flexibility index (Phi) is 4.79. The largest absolute Gasteiger partial charge is 0.638 e. The lowest BCUT2D eigenvalue weighted by molar-refractivity contribution is -0.774. The monoisotopic (exact) mass is 436 g/mol. The number of Topliss-reactive ketones (excluding diaryl/α,β-unsaturated/α-hetero) is 1. The molecule has 1 aromatic heterocycles. The number of nitrogens with zero attached hydrogens (tertiary/aromatic N) is 2. The molecule has 0 atom stereocenters. The number of carbonyl (C=O) groups is 1. The molecule has 0 saturated heterocycles. The number of hydrogen-bond donors (Lipinski definition) is 2. The molecule has 0 aliphatic rings. The number of aromatic nitrogens is 2. The summed E-state index contributed by atoms with van der Waals surface area (Å²) < 4.78 is 3.72. The highest BCUT2D eigenvalue weighted by molar-refractivity contribution is 9.10. The maximum Gasteiger partial charge on any atom is 0.638 e. The standard InChI is InChI=1S/C22H15BrN2O3/c23-16-12-10-15(11-13-16)20(26)14-24-19-9-5-4-8-18(19)21(27)25(22(24)28)17-6-2-1-3-7-17/h1-13H,14H2/p+2. The second-order valence-corrected chi connectivity index (χ2v) is 7.24. The lowest BCUT2D eigenvalue weighted by Crippen LogP contribution is -2.48. The molecule has 28 heavy (non-hydrogen) atoms. The fourth-order valence-corrected chi connectivity index (χ4v) is 3.45. The van der Waals surface area contributed by atoms with Crippen molar-refractivity contribution < 1.29 is 24.1 Å².